The summed E-state index contributed by atoms with van der Waals surface area (Å²) in [6, 6.07) is 5.95. The molecule has 12 heteroatoms. The highest BCUT2D eigenvalue weighted by atomic mass is 79.9. The molecule has 132 valence electrons. The standard InChI is InChI=1S/C13H10BrN3O6S2/c1-25(22,23)9-5-7(4-8(6-9)17(20)21)12(18)15-16-13(19)10-2-3-11(14)24-10/h2-6H,1H3,(H,15,18)(H,16,19). The molecule has 0 spiro atoms. The predicted octanol–water partition coefficient (Wildman–Crippen LogP) is 1.90. The third-order valence-electron chi connectivity index (χ3n) is 2.88. The summed E-state index contributed by atoms with van der Waals surface area (Å²) in [5, 5.41) is 10.9. The molecular weight excluding hydrogens is 438 g/mol. The van der Waals surface area contributed by atoms with Gasteiger partial charge in [-0.15, -0.1) is 11.3 Å². The Labute approximate surface area is 154 Å². The Kier molecular flexibility index (Phi) is 5.55. The lowest BCUT2D eigenvalue weighted by Gasteiger charge is -2.07. The van der Waals surface area contributed by atoms with E-state index in [9.17, 15) is 28.1 Å². The van der Waals surface area contributed by atoms with Gasteiger partial charge in [0.2, 0.25) is 0 Å². The lowest BCUT2D eigenvalue weighted by atomic mass is 10.2. The van der Waals surface area contributed by atoms with Crippen LogP contribution in [0.5, 0.6) is 0 Å². The summed E-state index contributed by atoms with van der Waals surface area (Å²) < 4.78 is 23.9. The maximum Gasteiger partial charge on any atom is 0.279 e. The first kappa shape index (κ1) is 19.0. The lowest BCUT2D eigenvalue weighted by molar-refractivity contribution is -0.385. The van der Waals surface area contributed by atoms with Gasteiger partial charge < -0.3 is 0 Å². The van der Waals surface area contributed by atoms with Gasteiger partial charge in [0.05, 0.1) is 18.5 Å². The van der Waals surface area contributed by atoms with Crippen LogP contribution in [0.1, 0.15) is 20.0 Å². The van der Waals surface area contributed by atoms with Crippen molar-refractivity contribution in [2.75, 3.05) is 6.26 Å². The number of benzene rings is 1. The quantitative estimate of drug-likeness (QED) is 0.542. The molecule has 2 aromatic rings. The van der Waals surface area contributed by atoms with Crippen LogP contribution in [-0.4, -0.2) is 31.4 Å². The molecule has 1 aromatic heterocycles. The van der Waals surface area contributed by atoms with Crippen molar-refractivity contribution in [1.29, 1.82) is 0 Å². The van der Waals surface area contributed by atoms with Gasteiger partial charge in [-0.1, -0.05) is 0 Å². The number of hydrogen-bond acceptors (Lipinski definition) is 7. The minimum atomic E-state index is -3.76. The summed E-state index contributed by atoms with van der Waals surface area (Å²) in [4.78, 5) is 34.0. The summed E-state index contributed by atoms with van der Waals surface area (Å²) in [5.74, 6) is -1.48. The zero-order chi connectivity index (χ0) is 18.8. The molecule has 0 unspecified atom stereocenters. The molecule has 0 radical (unpaired) electrons. The maximum absolute atomic E-state index is 12.1. The lowest BCUT2D eigenvalue weighted by Crippen LogP contribution is -2.41. The molecule has 1 aromatic carbocycles. The summed E-state index contributed by atoms with van der Waals surface area (Å²) >= 11 is 4.34. The molecular formula is C13H10BrN3O6S2. The number of nitrogens with zero attached hydrogens (tertiary/aromatic N) is 1. The number of nitrogens with one attached hydrogen (secondary N) is 2. The van der Waals surface area contributed by atoms with Gasteiger partial charge >= 0.3 is 0 Å². The van der Waals surface area contributed by atoms with Crippen molar-refractivity contribution in [2.24, 2.45) is 0 Å². The summed E-state index contributed by atoms with van der Waals surface area (Å²) in [5.41, 5.74) is 3.41. The van der Waals surface area contributed by atoms with Gasteiger partial charge in [-0.05, 0) is 34.1 Å². The Balaban J connectivity index is 2.22. The van der Waals surface area contributed by atoms with E-state index in [1.807, 2.05) is 0 Å². The first-order valence-corrected chi connectivity index (χ1v) is 9.93. The summed E-state index contributed by atoms with van der Waals surface area (Å²) in [6.07, 6.45) is 0.865. The van der Waals surface area contributed by atoms with Crippen molar-refractivity contribution in [1.82, 2.24) is 10.9 Å². The molecule has 0 aliphatic rings. The number of hydrazine groups is 1. The summed E-state index contributed by atoms with van der Waals surface area (Å²) in [7, 11) is -3.76. The molecule has 0 fully saturated rings. The molecule has 0 atom stereocenters. The SMILES string of the molecule is CS(=O)(=O)c1cc(C(=O)NNC(=O)c2ccc(Br)s2)cc([N+](=O)[O-])c1. The predicted molar refractivity (Wildman–Crippen MR) is 93.2 cm³/mol. The number of halogens is 1. The number of carbonyl (C=O) groups excluding carboxylic acids is 2. The van der Waals surface area contributed by atoms with E-state index < -0.39 is 32.3 Å². The molecule has 0 bridgehead atoms. The normalized spacial score (nSPS) is 11.0. The smallest absolute Gasteiger partial charge is 0.267 e. The van der Waals surface area contributed by atoms with Gasteiger partial charge in [0.1, 0.15) is 0 Å². The van der Waals surface area contributed by atoms with Gasteiger partial charge in [-0.2, -0.15) is 0 Å². The summed E-state index contributed by atoms with van der Waals surface area (Å²) in [6.45, 7) is 0. The van der Waals surface area contributed by atoms with Crippen molar-refractivity contribution in [3.8, 4) is 0 Å². The average Bonchev–Trinajstić information content (AvgIpc) is 2.97. The van der Waals surface area contributed by atoms with E-state index in [1.165, 1.54) is 6.07 Å². The van der Waals surface area contributed by atoms with Crippen LogP contribution in [0.2, 0.25) is 0 Å². The first-order chi connectivity index (χ1) is 11.6. The van der Waals surface area contributed by atoms with Gasteiger partial charge in [0.25, 0.3) is 17.5 Å². The van der Waals surface area contributed by atoms with Crippen LogP contribution in [-0.2, 0) is 9.84 Å². The van der Waals surface area contributed by atoms with Crippen molar-refractivity contribution >= 4 is 54.6 Å². The highest BCUT2D eigenvalue weighted by molar-refractivity contribution is 9.11. The highest BCUT2D eigenvalue weighted by Gasteiger charge is 2.19. The van der Waals surface area contributed by atoms with Gasteiger partial charge in [0, 0.05) is 24.0 Å². The second kappa shape index (κ2) is 7.29. The second-order valence-electron chi connectivity index (χ2n) is 4.76. The van der Waals surface area contributed by atoms with E-state index in [2.05, 4.69) is 26.8 Å². The van der Waals surface area contributed by atoms with Crippen molar-refractivity contribution in [2.45, 2.75) is 4.90 Å². The Morgan fingerprint density at radius 2 is 1.80 bits per heavy atom. The molecule has 0 aliphatic heterocycles. The molecule has 25 heavy (non-hydrogen) atoms. The van der Waals surface area contributed by atoms with Crippen LogP contribution in [0.4, 0.5) is 5.69 Å². The fraction of sp³-hybridized carbons (Fsp3) is 0.0769. The number of non-ortho nitro benzene ring substituents is 1. The minimum Gasteiger partial charge on any atom is -0.267 e. The second-order valence-corrected chi connectivity index (χ2v) is 9.24. The van der Waals surface area contributed by atoms with E-state index >= 15 is 0 Å². The van der Waals surface area contributed by atoms with Crippen LogP contribution in [0.25, 0.3) is 0 Å². The van der Waals surface area contributed by atoms with Crippen LogP contribution < -0.4 is 10.9 Å². The molecule has 9 nitrogen and oxygen atoms in total. The molecule has 2 rings (SSSR count). The van der Waals surface area contributed by atoms with Gasteiger partial charge in [0.15, 0.2) is 9.84 Å². The van der Waals surface area contributed by atoms with Crippen LogP contribution in [0.3, 0.4) is 0 Å². The van der Waals surface area contributed by atoms with E-state index in [0.717, 1.165) is 39.6 Å². The average molecular weight is 448 g/mol. The third-order valence-corrected chi connectivity index (χ3v) is 5.59. The van der Waals surface area contributed by atoms with Crippen LogP contribution in [0.15, 0.2) is 39.0 Å². The van der Waals surface area contributed by atoms with Crippen molar-refractivity contribution in [3.63, 3.8) is 0 Å². The Hall–Kier alpha value is -2.31. The number of rotatable bonds is 4. The minimum absolute atomic E-state index is 0.276. The molecule has 1 heterocycles. The Morgan fingerprint density at radius 3 is 2.32 bits per heavy atom. The van der Waals surface area contributed by atoms with Crippen molar-refractivity contribution in [3.05, 3.63) is 54.7 Å². The zero-order valence-electron chi connectivity index (χ0n) is 12.5. The van der Waals surface area contributed by atoms with Crippen LogP contribution in [0, 0.1) is 10.1 Å². The van der Waals surface area contributed by atoms with E-state index in [-0.39, 0.29) is 10.5 Å². The van der Waals surface area contributed by atoms with Gasteiger partial charge in [-0.3, -0.25) is 30.6 Å². The zero-order valence-corrected chi connectivity index (χ0v) is 15.7. The monoisotopic (exact) mass is 447 g/mol. The fourth-order valence-corrected chi connectivity index (χ4v) is 3.67. The third kappa shape index (κ3) is 4.84. The topological polar surface area (TPSA) is 135 Å². The number of sulfone groups is 1. The molecule has 0 saturated carbocycles. The van der Waals surface area contributed by atoms with Crippen LogP contribution >= 0.6 is 27.3 Å². The number of nitro benzene ring substituents is 1. The maximum atomic E-state index is 12.1. The molecule has 2 N–H and O–H groups in total. The molecule has 2 amide bonds. The van der Waals surface area contributed by atoms with Gasteiger partial charge in [-0.25, -0.2) is 8.42 Å². The fourth-order valence-electron chi connectivity index (χ4n) is 1.72. The highest BCUT2D eigenvalue weighted by Crippen LogP contribution is 2.22. The number of carbonyl (C=O) groups is 2. The van der Waals surface area contributed by atoms with E-state index in [4.69, 9.17) is 0 Å². The Morgan fingerprint density at radius 1 is 1.16 bits per heavy atom. The van der Waals surface area contributed by atoms with Crippen molar-refractivity contribution < 1.29 is 22.9 Å². The Bertz CT molecular complexity index is 970. The molecule has 0 saturated heterocycles. The number of thiophene rings is 1. The first-order valence-electron chi connectivity index (χ1n) is 6.43. The number of nitro groups is 1. The number of hydrogen-bond donors (Lipinski definition) is 2. The number of amides is 2. The molecule has 0 aliphatic carbocycles. The van der Waals surface area contributed by atoms with E-state index in [0.29, 0.717) is 4.88 Å². The van der Waals surface area contributed by atoms with E-state index in [1.54, 1.807) is 6.07 Å². The largest absolute Gasteiger partial charge is 0.279 e.